The van der Waals surface area contributed by atoms with E-state index in [9.17, 15) is 4.79 Å². The summed E-state index contributed by atoms with van der Waals surface area (Å²) >= 11 is 2.35. The lowest BCUT2D eigenvalue weighted by Crippen LogP contribution is -2.15. The maximum absolute atomic E-state index is 12.4. The standard InChI is InChI=1S/C17H15N7O2S2/c1-2-26-14-9-4-3-8-13(14)24-17(19-22-23-24)27-10-15(25)18-11-6-5-7-12-16(11)21-28-20-12/h3-9H,2,10H2,1H3,(H,18,25). The highest BCUT2D eigenvalue weighted by Gasteiger charge is 2.15. The second-order valence-corrected chi connectivity index (χ2v) is 7.02. The van der Waals surface area contributed by atoms with Crippen molar-refractivity contribution >= 4 is 46.1 Å². The third-order valence-electron chi connectivity index (χ3n) is 3.73. The lowest BCUT2D eigenvalue weighted by molar-refractivity contribution is -0.113. The number of hydrogen-bond donors (Lipinski definition) is 1. The van der Waals surface area contributed by atoms with Crippen molar-refractivity contribution in [3.63, 3.8) is 0 Å². The van der Waals surface area contributed by atoms with Gasteiger partial charge in [0.05, 0.1) is 29.8 Å². The van der Waals surface area contributed by atoms with E-state index >= 15 is 0 Å². The van der Waals surface area contributed by atoms with Crippen molar-refractivity contribution in [1.29, 1.82) is 0 Å². The third-order valence-corrected chi connectivity index (χ3v) is 5.19. The van der Waals surface area contributed by atoms with Crippen molar-refractivity contribution < 1.29 is 9.53 Å². The number of nitrogens with one attached hydrogen (secondary N) is 1. The summed E-state index contributed by atoms with van der Waals surface area (Å²) in [4.78, 5) is 12.4. The van der Waals surface area contributed by atoms with Crippen molar-refractivity contribution in [2.45, 2.75) is 12.1 Å². The molecule has 0 radical (unpaired) electrons. The van der Waals surface area contributed by atoms with E-state index in [0.29, 0.717) is 28.7 Å². The molecule has 28 heavy (non-hydrogen) atoms. The number of benzene rings is 2. The van der Waals surface area contributed by atoms with Crippen LogP contribution in [0.3, 0.4) is 0 Å². The van der Waals surface area contributed by atoms with Crippen LogP contribution in [-0.2, 0) is 4.79 Å². The molecule has 0 atom stereocenters. The molecule has 1 N–H and O–H groups in total. The van der Waals surface area contributed by atoms with Crippen LogP contribution in [0.1, 0.15) is 6.92 Å². The smallest absolute Gasteiger partial charge is 0.234 e. The van der Waals surface area contributed by atoms with Gasteiger partial charge in [-0.3, -0.25) is 4.79 Å². The molecule has 2 heterocycles. The van der Waals surface area contributed by atoms with E-state index in [1.165, 1.54) is 11.8 Å². The molecule has 4 aromatic rings. The van der Waals surface area contributed by atoms with E-state index in [1.807, 2.05) is 43.3 Å². The van der Waals surface area contributed by atoms with Gasteiger partial charge < -0.3 is 10.1 Å². The normalized spacial score (nSPS) is 10.9. The highest BCUT2D eigenvalue weighted by molar-refractivity contribution is 7.99. The molecule has 2 aromatic heterocycles. The van der Waals surface area contributed by atoms with Gasteiger partial charge in [0, 0.05) is 0 Å². The first-order valence-corrected chi connectivity index (χ1v) is 10.1. The lowest BCUT2D eigenvalue weighted by Gasteiger charge is -2.10. The number of carbonyl (C=O) groups is 1. The Bertz CT molecular complexity index is 1110. The molecule has 0 fully saturated rings. The fourth-order valence-corrected chi connectivity index (χ4v) is 3.79. The van der Waals surface area contributed by atoms with E-state index in [-0.39, 0.29) is 11.7 Å². The Morgan fingerprint density at radius 2 is 2.11 bits per heavy atom. The zero-order chi connectivity index (χ0) is 19.3. The summed E-state index contributed by atoms with van der Waals surface area (Å²) in [6.45, 7) is 2.44. The van der Waals surface area contributed by atoms with Crippen molar-refractivity contribution in [3.8, 4) is 11.4 Å². The van der Waals surface area contributed by atoms with Crippen molar-refractivity contribution in [3.05, 3.63) is 42.5 Å². The van der Waals surface area contributed by atoms with Crippen molar-refractivity contribution in [1.82, 2.24) is 29.0 Å². The molecular weight excluding hydrogens is 398 g/mol. The highest BCUT2D eigenvalue weighted by atomic mass is 32.2. The van der Waals surface area contributed by atoms with Crippen molar-refractivity contribution in [2.75, 3.05) is 17.7 Å². The summed E-state index contributed by atoms with van der Waals surface area (Å²) in [5, 5.41) is 15.2. The van der Waals surface area contributed by atoms with Gasteiger partial charge in [-0.05, 0) is 41.6 Å². The molecule has 11 heteroatoms. The Labute approximate surface area is 168 Å². The molecule has 0 saturated heterocycles. The molecule has 0 saturated carbocycles. The molecule has 142 valence electrons. The number of carbonyl (C=O) groups excluding carboxylic acids is 1. The Morgan fingerprint density at radius 3 is 3.00 bits per heavy atom. The Hall–Kier alpha value is -3.05. The fraction of sp³-hybridized carbons (Fsp3) is 0.176. The minimum Gasteiger partial charge on any atom is -0.492 e. The van der Waals surface area contributed by atoms with Crippen LogP contribution in [0, 0.1) is 0 Å². The van der Waals surface area contributed by atoms with Crippen LogP contribution >= 0.6 is 23.5 Å². The first-order chi connectivity index (χ1) is 13.8. The van der Waals surface area contributed by atoms with Crippen molar-refractivity contribution in [2.24, 2.45) is 0 Å². The van der Waals surface area contributed by atoms with Gasteiger partial charge in [0.15, 0.2) is 0 Å². The topological polar surface area (TPSA) is 108 Å². The fourth-order valence-electron chi connectivity index (χ4n) is 2.55. The van der Waals surface area contributed by atoms with Crippen LogP contribution < -0.4 is 10.1 Å². The summed E-state index contributed by atoms with van der Waals surface area (Å²) < 4.78 is 15.6. The number of rotatable bonds is 7. The Morgan fingerprint density at radius 1 is 1.21 bits per heavy atom. The average Bonchev–Trinajstić information content (AvgIpc) is 3.37. The second-order valence-electron chi connectivity index (χ2n) is 5.55. The van der Waals surface area contributed by atoms with Gasteiger partial charge in [0.2, 0.25) is 11.1 Å². The van der Waals surface area contributed by atoms with E-state index < -0.39 is 0 Å². The van der Waals surface area contributed by atoms with Crippen LogP contribution in [0.4, 0.5) is 5.69 Å². The second kappa shape index (κ2) is 8.31. The van der Waals surface area contributed by atoms with E-state index in [2.05, 4.69) is 29.6 Å². The number of tetrazole rings is 1. The molecule has 4 rings (SSSR count). The van der Waals surface area contributed by atoms with Gasteiger partial charge in [-0.1, -0.05) is 30.0 Å². The zero-order valence-corrected chi connectivity index (χ0v) is 16.4. The molecule has 0 unspecified atom stereocenters. The lowest BCUT2D eigenvalue weighted by atomic mass is 10.2. The van der Waals surface area contributed by atoms with Gasteiger partial charge in [-0.2, -0.15) is 13.4 Å². The maximum atomic E-state index is 12.4. The molecule has 9 nitrogen and oxygen atoms in total. The number of amides is 1. The molecule has 1 amide bonds. The van der Waals surface area contributed by atoms with Gasteiger partial charge in [0.1, 0.15) is 22.5 Å². The van der Waals surface area contributed by atoms with Crippen LogP contribution in [0.2, 0.25) is 0 Å². The number of thioether (sulfide) groups is 1. The molecule has 0 aliphatic rings. The van der Waals surface area contributed by atoms with Gasteiger partial charge in [-0.15, -0.1) is 5.10 Å². The molecule has 0 bridgehead atoms. The molecule has 0 aliphatic carbocycles. The first kappa shape index (κ1) is 18.3. The maximum Gasteiger partial charge on any atom is 0.234 e. The van der Waals surface area contributed by atoms with Gasteiger partial charge in [0.25, 0.3) is 0 Å². The number of ether oxygens (including phenoxy) is 1. The predicted molar refractivity (Wildman–Crippen MR) is 107 cm³/mol. The third kappa shape index (κ3) is 3.80. The Kier molecular flexibility index (Phi) is 5.44. The summed E-state index contributed by atoms with van der Waals surface area (Å²) in [6, 6.07) is 13.0. The number of anilines is 1. The number of nitrogens with zero attached hydrogens (tertiary/aromatic N) is 6. The summed E-state index contributed by atoms with van der Waals surface area (Å²) in [7, 11) is 0. The predicted octanol–water partition coefficient (Wildman–Crippen LogP) is 2.80. The Balaban J connectivity index is 1.47. The minimum absolute atomic E-state index is 0.144. The molecule has 0 aliphatic heterocycles. The van der Waals surface area contributed by atoms with E-state index in [4.69, 9.17) is 4.74 Å². The average molecular weight is 413 g/mol. The summed E-state index contributed by atoms with van der Waals surface area (Å²) in [5.41, 5.74) is 2.79. The van der Waals surface area contributed by atoms with Crippen LogP contribution in [-0.4, -0.2) is 47.2 Å². The first-order valence-electron chi connectivity index (χ1n) is 8.40. The SMILES string of the molecule is CCOc1ccccc1-n1nnnc1SCC(=O)Nc1cccc2nsnc12. The number of hydrogen-bond acceptors (Lipinski definition) is 9. The van der Waals surface area contributed by atoms with E-state index in [0.717, 1.165) is 22.9 Å². The van der Waals surface area contributed by atoms with Crippen LogP contribution in [0.25, 0.3) is 16.7 Å². The summed E-state index contributed by atoms with van der Waals surface area (Å²) in [5.74, 6) is 0.634. The zero-order valence-electron chi connectivity index (χ0n) is 14.8. The minimum atomic E-state index is -0.182. The largest absolute Gasteiger partial charge is 0.492 e. The number of para-hydroxylation sites is 2. The van der Waals surface area contributed by atoms with Gasteiger partial charge >= 0.3 is 0 Å². The number of aromatic nitrogens is 6. The molecule has 2 aromatic carbocycles. The molecular formula is C17H15N7O2S2. The monoisotopic (exact) mass is 413 g/mol. The van der Waals surface area contributed by atoms with E-state index in [1.54, 1.807) is 10.7 Å². The summed E-state index contributed by atoms with van der Waals surface area (Å²) in [6.07, 6.45) is 0. The number of fused-ring (bicyclic) bond motifs is 1. The highest BCUT2D eigenvalue weighted by Crippen LogP contribution is 2.26. The van der Waals surface area contributed by atoms with Crippen LogP contribution in [0.5, 0.6) is 5.75 Å². The molecule has 0 spiro atoms. The van der Waals surface area contributed by atoms with Crippen LogP contribution in [0.15, 0.2) is 47.6 Å². The quantitative estimate of drug-likeness (QED) is 0.461. The van der Waals surface area contributed by atoms with Gasteiger partial charge in [-0.25, -0.2) is 0 Å².